The standard InChI is InChI=1S/C16H15FIN5O3/c1-9-5-10(18)3-4-13(9)20-14-7-12(17)15(23(25)26)6-11(14)16-8-19-21(2)22(16)24/h3-8,19-20,24H,1-2H3. The first kappa shape index (κ1) is 18.4. The fourth-order valence-electron chi connectivity index (χ4n) is 2.54. The second kappa shape index (κ2) is 7.05. The van der Waals surface area contributed by atoms with Crippen LogP contribution in [0, 0.1) is 26.4 Å². The van der Waals surface area contributed by atoms with Crippen molar-refractivity contribution in [2.75, 3.05) is 12.4 Å². The molecule has 136 valence electrons. The molecule has 10 heteroatoms. The van der Waals surface area contributed by atoms with Crippen LogP contribution < -0.4 is 10.7 Å². The second-order valence-corrected chi connectivity index (χ2v) is 6.91. The van der Waals surface area contributed by atoms with Crippen molar-refractivity contribution in [2.24, 2.45) is 0 Å². The Bertz CT molecular complexity index is 921. The molecule has 0 radical (unpaired) electrons. The molecule has 0 bridgehead atoms. The molecule has 1 aliphatic heterocycles. The van der Waals surface area contributed by atoms with Crippen LogP contribution in [0.2, 0.25) is 0 Å². The normalized spacial score (nSPS) is 14.2. The number of benzene rings is 2. The summed E-state index contributed by atoms with van der Waals surface area (Å²) in [7, 11) is 1.55. The van der Waals surface area contributed by atoms with E-state index >= 15 is 0 Å². The number of nitro benzene ring substituents is 1. The highest BCUT2D eigenvalue weighted by molar-refractivity contribution is 14.1. The minimum atomic E-state index is -0.964. The number of aryl methyl sites for hydroxylation is 1. The van der Waals surface area contributed by atoms with Crippen LogP contribution in [0.25, 0.3) is 5.70 Å². The number of nitrogens with one attached hydrogen (secondary N) is 2. The Morgan fingerprint density at radius 3 is 2.62 bits per heavy atom. The number of hydrogen-bond acceptors (Lipinski definition) is 7. The Hall–Kier alpha value is -2.44. The van der Waals surface area contributed by atoms with Gasteiger partial charge in [-0.1, -0.05) is 0 Å². The number of hydroxylamine groups is 1. The quantitative estimate of drug-likeness (QED) is 0.356. The second-order valence-electron chi connectivity index (χ2n) is 5.66. The molecular formula is C16H15FIN5O3. The van der Waals surface area contributed by atoms with E-state index in [2.05, 4.69) is 33.3 Å². The Morgan fingerprint density at radius 1 is 1.31 bits per heavy atom. The van der Waals surface area contributed by atoms with Crippen LogP contribution in [-0.2, 0) is 0 Å². The summed E-state index contributed by atoms with van der Waals surface area (Å²) in [5.41, 5.74) is 4.53. The fourth-order valence-corrected chi connectivity index (χ4v) is 3.19. The van der Waals surface area contributed by atoms with E-state index in [1.807, 2.05) is 25.1 Å². The van der Waals surface area contributed by atoms with Crippen molar-refractivity contribution in [3.8, 4) is 0 Å². The summed E-state index contributed by atoms with van der Waals surface area (Å²) in [5, 5.41) is 26.4. The van der Waals surface area contributed by atoms with E-state index in [9.17, 15) is 19.7 Å². The van der Waals surface area contributed by atoms with Crippen molar-refractivity contribution >= 4 is 45.4 Å². The molecule has 0 aliphatic carbocycles. The lowest BCUT2D eigenvalue weighted by molar-refractivity contribution is -0.387. The van der Waals surface area contributed by atoms with Gasteiger partial charge in [0.05, 0.1) is 10.6 Å². The van der Waals surface area contributed by atoms with E-state index < -0.39 is 16.4 Å². The van der Waals surface area contributed by atoms with Crippen molar-refractivity contribution in [3.63, 3.8) is 0 Å². The number of nitrogens with zero attached hydrogens (tertiary/aromatic N) is 3. The van der Waals surface area contributed by atoms with E-state index in [1.54, 1.807) is 7.05 Å². The maximum Gasteiger partial charge on any atom is 0.305 e. The molecule has 0 spiro atoms. The molecule has 3 rings (SSSR count). The first-order valence-electron chi connectivity index (χ1n) is 7.48. The number of hydrazine groups is 2. The molecule has 0 fully saturated rings. The average molecular weight is 471 g/mol. The largest absolute Gasteiger partial charge is 0.355 e. The van der Waals surface area contributed by atoms with Gasteiger partial charge in [-0.15, -0.1) is 5.12 Å². The van der Waals surface area contributed by atoms with Crippen molar-refractivity contribution in [1.29, 1.82) is 0 Å². The molecule has 1 aliphatic rings. The molecule has 3 N–H and O–H groups in total. The van der Waals surface area contributed by atoms with Gasteiger partial charge in [0.1, 0.15) is 5.70 Å². The van der Waals surface area contributed by atoms with Crippen molar-refractivity contribution < 1.29 is 14.5 Å². The monoisotopic (exact) mass is 471 g/mol. The smallest absolute Gasteiger partial charge is 0.305 e. The summed E-state index contributed by atoms with van der Waals surface area (Å²) >= 11 is 2.19. The molecule has 2 aromatic rings. The molecule has 0 atom stereocenters. The zero-order valence-corrected chi connectivity index (χ0v) is 16.0. The molecule has 0 saturated heterocycles. The molecule has 26 heavy (non-hydrogen) atoms. The fraction of sp³-hybridized carbons (Fsp3) is 0.125. The third-order valence-electron chi connectivity index (χ3n) is 3.91. The number of anilines is 2. The predicted octanol–water partition coefficient (Wildman–Crippen LogP) is 3.75. The maximum absolute atomic E-state index is 14.2. The first-order valence-corrected chi connectivity index (χ1v) is 8.56. The highest BCUT2D eigenvalue weighted by Crippen LogP contribution is 2.35. The van der Waals surface area contributed by atoms with E-state index in [-0.39, 0.29) is 11.3 Å². The van der Waals surface area contributed by atoms with E-state index in [4.69, 9.17) is 0 Å². The lowest BCUT2D eigenvalue weighted by atomic mass is 10.1. The lowest BCUT2D eigenvalue weighted by Crippen LogP contribution is -2.36. The van der Waals surface area contributed by atoms with Crippen LogP contribution in [0.3, 0.4) is 0 Å². The van der Waals surface area contributed by atoms with Crippen LogP contribution in [-0.4, -0.2) is 27.5 Å². The zero-order valence-electron chi connectivity index (χ0n) is 13.8. The third-order valence-corrected chi connectivity index (χ3v) is 4.58. The van der Waals surface area contributed by atoms with Crippen molar-refractivity contribution in [1.82, 2.24) is 15.7 Å². The van der Waals surface area contributed by atoms with Gasteiger partial charge >= 0.3 is 5.69 Å². The van der Waals surface area contributed by atoms with E-state index in [0.717, 1.165) is 32.1 Å². The van der Waals surface area contributed by atoms with Crippen LogP contribution in [0.5, 0.6) is 0 Å². The highest BCUT2D eigenvalue weighted by Gasteiger charge is 2.27. The lowest BCUT2D eigenvalue weighted by Gasteiger charge is -2.22. The Balaban J connectivity index is 2.11. The van der Waals surface area contributed by atoms with Gasteiger partial charge in [0, 0.05) is 40.2 Å². The Morgan fingerprint density at radius 2 is 2.04 bits per heavy atom. The van der Waals surface area contributed by atoms with Gasteiger partial charge < -0.3 is 10.7 Å². The molecular weight excluding hydrogens is 456 g/mol. The molecule has 0 amide bonds. The van der Waals surface area contributed by atoms with Gasteiger partial charge in [0.25, 0.3) is 0 Å². The molecule has 0 saturated carbocycles. The van der Waals surface area contributed by atoms with Gasteiger partial charge in [-0.25, -0.2) is 0 Å². The number of nitro groups is 1. The van der Waals surface area contributed by atoms with E-state index in [0.29, 0.717) is 5.69 Å². The molecule has 0 unspecified atom stereocenters. The summed E-state index contributed by atoms with van der Waals surface area (Å²) in [5.74, 6) is -0.964. The molecule has 1 heterocycles. The predicted molar refractivity (Wildman–Crippen MR) is 103 cm³/mol. The minimum absolute atomic E-state index is 0.237. The van der Waals surface area contributed by atoms with Crippen LogP contribution >= 0.6 is 22.6 Å². The van der Waals surface area contributed by atoms with Crippen LogP contribution in [0.1, 0.15) is 11.1 Å². The van der Waals surface area contributed by atoms with Gasteiger partial charge in [0.2, 0.25) is 5.82 Å². The first-order chi connectivity index (χ1) is 12.3. The average Bonchev–Trinajstić information content (AvgIpc) is 2.89. The van der Waals surface area contributed by atoms with Crippen LogP contribution in [0.15, 0.2) is 36.5 Å². The van der Waals surface area contributed by atoms with Crippen LogP contribution in [0.4, 0.5) is 21.5 Å². The van der Waals surface area contributed by atoms with Crippen molar-refractivity contribution in [2.45, 2.75) is 6.92 Å². The molecule has 2 aromatic carbocycles. The van der Waals surface area contributed by atoms with E-state index in [1.165, 1.54) is 11.3 Å². The summed E-state index contributed by atoms with van der Waals surface area (Å²) in [6.45, 7) is 1.90. The van der Waals surface area contributed by atoms with Crippen molar-refractivity contribution in [3.05, 3.63) is 67.2 Å². The van der Waals surface area contributed by atoms with Gasteiger partial charge in [-0.3, -0.25) is 15.3 Å². The zero-order chi connectivity index (χ0) is 19.0. The molecule has 0 aromatic heterocycles. The SMILES string of the molecule is Cc1cc(I)ccc1Nc1cc(F)c([N+](=O)[O-])cc1C1=CNN(C)N1O. The van der Waals surface area contributed by atoms with Gasteiger partial charge in [0.15, 0.2) is 0 Å². The number of rotatable bonds is 4. The topological polar surface area (TPSA) is 93.9 Å². The van der Waals surface area contributed by atoms with Gasteiger partial charge in [-0.2, -0.15) is 9.56 Å². The summed E-state index contributed by atoms with van der Waals surface area (Å²) in [4.78, 5) is 10.3. The van der Waals surface area contributed by atoms with Gasteiger partial charge in [-0.05, 0) is 53.3 Å². The number of hydrogen-bond donors (Lipinski definition) is 3. The maximum atomic E-state index is 14.2. The Kier molecular flexibility index (Phi) is 4.98. The summed E-state index contributed by atoms with van der Waals surface area (Å²) in [6, 6.07) is 7.82. The third kappa shape index (κ3) is 3.43. The Labute approximate surface area is 162 Å². The molecule has 8 nitrogen and oxygen atoms in total. The summed E-state index contributed by atoms with van der Waals surface area (Å²) in [6.07, 6.45) is 1.46. The highest BCUT2D eigenvalue weighted by atomic mass is 127. The minimum Gasteiger partial charge on any atom is -0.355 e. The summed E-state index contributed by atoms with van der Waals surface area (Å²) < 4.78 is 15.3. The number of halogens is 2.